The molecule has 1 amide bonds. The van der Waals surface area contributed by atoms with E-state index in [1.165, 1.54) is 12.1 Å². The monoisotopic (exact) mass is 561 g/mol. The van der Waals surface area contributed by atoms with Crippen LogP contribution in [0.1, 0.15) is 43.0 Å². The number of hydrogen-bond donors (Lipinski definition) is 3. The van der Waals surface area contributed by atoms with Gasteiger partial charge in [-0.15, -0.1) is 0 Å². The maximum Gasteiger partial charge on any atom is 0.255 e. The number of anilines is 1. The van der Waals surface area contributed by atoms with Crippen molar-refractivity contribution >= 4 is 33.0 Å². The molecule has 4 rings (SSSR count). The fraction of sp³-hybridized carbons (Fsp3) is 0.480. The Labute approximate surface area is 217 Å². The summed E-state index contributed by atoms with van der Waals surface area (Å²) in [5, 5.41) is 21.9. The number of halogens is 4. The Hall–Kier alpha value is -2.18. The van der Waals surface area contributed by atoms with Crippen molar-refractivity contribution < 1.29 is 41.3 Å². The summed E-state index contributed by atoms with van der Waals surface area (Å²) in [4.78, 5) is 12.4. The van der Waals surface area contributed by atoms with Crippen LogP contribution in [0, 0.1) is 29.3 Å². The summed E-state index contributed by atoms with van der Waals surface area (Å²) in [5.74, 6) is -6.18. The first-order chi connectivity index (χ1) is 17.3. The van der Waals surface area contributed by atoms with Gasteiger partial charge in [0.1, 0.15) is 0 Å². The summed E-state index contributed by atoms with van der Waals surface area (Å²) in [6.45, 7) is 1.63. The topological polar surface area (TPSA) is 113 Å². The van der Waals surface area contributed by atoms with Crippen LogP contribution in [0.5, 0.6) is 0 Å². The second kappa shape index (κ2) is 10.5. The van der Waals surface area contributed by atoms with Crippen molar-refractivity contribution in [2.45, 2.75) is 54.5 Å². The summed E-state index contributed by atoms with van der Waals surface area (Å²) >= 11 is 6.22. The number of aliphatic hydroxyl groups is 2. The maximum atomic E-state index is 13.6. The minimum absolute atomic E-state index is 0.000980. The Bertz CT molecular complexity index is 1270. The molecule has 2 aromatic rings. The minimum Gasteiger partial charge on any atom is -0.391 e. The first-order valence-electron chi connectivity index (χ1n) is 11.8. The Balaban J connectivity index is 1.53. The van der Waals surface area contributed by atoms with Gasteiger partial charge < -0.3 is 20.3 Å². The van der Waals surface area contributed by atoms with E-state index in [1.54, 1.807) is 6.92 Å². The van der Waals surface area contributed by atoms with E-state index in [9.17, 15) is 36.6 Å². The van der Waals surface area contributed by atoms with E-state index in [0.717, 1.165) is 6.07 Å². The zero-order chi connectivity index (χ0) is 27.1. The van der Waals surface area contributed by atoms with Gasteiger partial charge in [-0.2, -0.15) is 0 Å². The maximum absolute atomic E-state index is 13.6. The third kappa shape index (κ3) is 5.51. The van der Waals surface area contributed by atoms with Crippen LogP contribution in [0.15, 0.2) is 35.2 Å². The number of hydrogen-bond acceptors (Lipinski definition) is 6. The van der Waals surface area contributed by atoms with Gasteiger partial charge in [0, 0.05) is 23.4 Å². The van der Waals surface area contributed by atoms with Gasteiger partial charge >= 0.3 is 0 Å². The molecule has 0 heterocycles. The van der Waals surface area contributed by atoms with E-state index in [1.807, 2.05) is 0 Å². The van der Waals surface area contributed by atoms with Gasteiger partial charge in [-0.1, -0.05) is 11.6 Å². The third-order valence-electron chi connectivity index (χ3n) is 7.25. The summed E-state index contributed by atoms with van der Waals surface area (Å²) in [6, 6.07) is 4.81. The number of aliphatic hydroxyl groups excluding tert-OH is 1. The van der Waals surface area contributed by atoms with Crippen molar-refractivity contribution in [3.8, 4) is 0 Å². The highest BCUT2D eigenvalue weighted by atomic mass is 35.5. The van der Waals surface area contributed by atoms with Crippen LogP contribution in [0.2, 0.25) is 5.02 Å². The van der Waals surface area contributed by atoms with Gasteiger partial charge in [-0.25, -0.2) is 21.6 Å². The summed E-state index contributed by atoms with van der Waals surface area (Å²) in [5.41, 5.74) is -1.66. The lowest BCUT2D eigenvalue weighted by Crippen LogP contribution is -2.51. The average molecular weight is 562 g/mol. The number of benzene rings is 2. The number of sulfone groups is 1. The van der Waals surface area contributed by atoms with Crippen molar-refractivity contribution in [1.82, 2.24) is 0 Å². The smallest absolute Gasteiger partial charge is 0.255 e. The standard InChI is InChI=1S/C25H27ClF3NO6S/c1-13(31)11-36-12-25(33)15-3-4-16(25)8-18(7-15)37(34,35)22-6-14(2-5-19(22)26)24(32)30-17-9-20(27)23(29)21(28)10-17/h2,5-6,9-10,13,15-16,18,31,33H,3-4,7-8,11-12H2,1H3,(H,30,32)/t13?,15-,16?,18-,25-/m0/s1. The summed E-state index contributed by atoms with van der Waals surface area (Å²) < 4.78 is 72.9. The third-order valence-corrected chi connectivity index (χ3v) is 9.90. The highest BCUT2D eigenvalue weighted by molar-refractivity contribution is 7.92. The lowest BCUT2D eigenvalue weighted by Gasteiger charge is -2.42. The first-order valence-corrected chi connectivity index (χ1v) is 13.7. The molecule has 37 heavy (non-hydrogen) atoms. The van der Waals surface area contributed by atoms with Crippen molar-refractivity contribution in [2.24, 2.45) is 11.8 Å². The SMILES string of the molecule is CC(O)COC[C@@]1(O)C2CC[C@H]1C[C@H](S(=O)(=O)c1cc(C(=O)Nc3cc(F)c(F)c(F)c3)ccc1Cl)C2. The molecule has 5 atom stereocenters. The molecule has 0 aliphatic heterocycles. The van der Waals surface area contributed by atoms with E-state index < -0.39 is 50.2 Å². The molecule has 0 spiro atoms. The lowest BCUT2D eigenvalue weighted by molar-refractivity contribution is -0.121. The Morgan fingerprint density at radius 2 is 1.76 bits per heavy atom. The molecule has 0 aromatic heterocycles. The molecular formula is C25H27ClF3NO6S. The van der Waals surface area contributed by atoms with Gasteiger partial charge in [0.05, 0.1) is 40.1 Å². The number of ether oxygens (including phenoxy) is 1. The molecule has 2 aliphatic carbocycles. The molecule has 202 valence electrons. The second-order valence-electron chi connectivity index (χ2n) is 9.82. The van der Waals surface area contributed by atoms with Crippen LogP contribution < -0.4 is 5.32 Å². The minimum atomic E-state index is -4.02. The molecule has 2 bridgehead atoms. The Kier molecular flexibility index (Phi) is 7.92. The summed E-state index contributed by atoms with van der Waals surface area (Å²) in [6.07, 6.45) is 0.923. The predicted octanol–water partition coefficient (Wildman–Crippen LogP) is 4.10. The molecule has 0 radical (unpaired) electrons. The van der Waals surface area contributed by atoms with Gasteiger partial charge in [0.25, 0.3) is 5.91 Å². The average Bonchev–Trinajstić information content (AvgIpc) is 2.98. The van der Waals surface area contributed by atoms with Crippen LogP contribution in [0.25, 0.3) is 0 Å². The van der Waals surface area contributed by atoms with Crippen LogP contribution >= 0.6 is 11.6 Å². The second-order valence-corrected chi connectivity index (χ2v) is 12.4. The van der Waals surface area contributed by atoms with E-state index >= 15 is 0 Å². The number of amides is 1. The van der Waals surface area contributed by atoms with Crippen LogP contribution in [0.3, 0.4) is 0 Å². The first kappa shape index (κ1) is 27.8. The molecule has 2 aliphatic rings. The van der Waals surface area contributed by atoms with Crippen molar-refractivity contribution in [3.63, 3.8) is 0 Å². The molecule has 3 N–H and O–H groups in total. The molecule has 2 unspecified atom stereocenters. The van der Waals surface area contributed by atoms with E-state index in [0.29, 0.717) is 25.0 Å². The molecule has 0 saturated heterocycles. The molecule has 12 heteroatoms. The quantitative estimate of drug-likeness (QED) is 0.418. The zero-order valence-corrected chi connectivity index (χ0v) is 21.5. The summed E-state index contributed by atoms with van der Waals surface area (Å²) in [7, 11) is -4.02. The fourth-order valence-electron chi connectivity index (χ4n) is 5.37. The highest BCUT2D eigenvalue weighted by Gasteiger charge is 2.55. The van der Waals surface area contributed by atoms with E-state index in [-0.39, 0.29) is 59.1 Å². The van der Waals surface area contributed by atoms with Crippen molar-refractivity contribution in [2.75, 3.05) is 18.5 Å². The number of carbonyl (C=O) groups is 1. The van der Waals surface area contributed by atoms with Crippen molar-refractivity contribution in [1.29, 1.82) is 0 Å². The number of fused-ring (bicyclic) bond motifs is 2. The van der Waals surface area contributed by atoms with Gasteiger partial charge in [-0.05, 0) is 62.6 Å². The Morgan fingerprint density at radius 3 is 2.32 bits per heavy atom. The van der Waals surface area contributed by atoms with Gasteiger partial charge in [0.2, 0.25) is 0 Å². The lowest BCUT2D eigenvalue weighted by atomic mass is 9.75. The normalized spacial score (nSPS) is 26.2. The molecule has 2 aromatic carbocycles. The van der Waals surface area contributed by atoms with Crippen LogP contribution in [0.4, 0.5) is 18.9 Å². The largest absolute Gasteiger partial charge is 0.391 e. The molecular weight excluding hydrogens is 535 g/mol. The molecule has 7 nitrogen and oxygen atoms in total. The number of nitrogens with one attached hydrogen (secondary N) is 1. The van der Waals surface area contributed by atoms with Gasteiger partial charge in [-0.3, -0.25) is 4.79 Å². The van der Waals surface area contributed by atoms with Gasteiger partial charge in [0.15, 0.2) is 27.3 Å². The molecule has 2 saturated carbocycles. The number of carbonyl (C=O) groups excluding carboxylic acids is 1. The molecule has 2 fully saturated rings. The zero-order valence-electron chi connectivity index (χ0n) is 19.9. The van der Waals surface area contributed by atoms with E-state index in [4.69, 9.17) is 16.3 Å². The Morgan fingerprint density at radius 1 is 1.16 bits per heavy atom. The number of rotatable bonds is 8. The van der Waals surface area contributed by atoms with Crippen molar-refractivity contribution in [3.05, 3.63) is 58.4 Å². The van der Waals surface area contributed by atoms with Crippen LogP contribution in [-0.4, -0.2) is 54.7 Å². The fourth-order valence-corrected chi connectivity index (χ4v) is 7.77. The van der Waals surface area contributed by atoms with Crippen LogP contribution in [-0.2, 0) is 14.6 Å². The highest BCUT2D eigenvalue weighted by Crippen LogP contribution is 2.52. The predicted molar refractivity (Wildman–Crippen MR) is 130 cm³/mol. The van der Waals surface area contributed by atoms with E-state index in [2.05, 4.69) is 5.32 Å².